The van der Waals surface area contributed by atoms with Gasteiger partial charge >= 0.3 is 6.61 Å². The molecular formula is C24H22F2N2O3. The molecular weight excluding hydrogens is 402 g/mol. The standard InChI is InChI=1S/C24H22F2N2O3/c1-2-30-22-16-18(5-9-21(22)31-24(25)26)6-10-23(29)28-20-7-3-17(4-8-20)15-19-11-13-27-14-12-19/h3-14,16,24H,2,15H2,1H3,(H,28,29)/b10-6+. The molecule has 7 heteroatoms. The number of nitrogens with zero attached hydrogens (tertiary/aromatic N) is 1. The minimum Gasteiger partial charge on any atom is -0.490 e. The highest BCUT2D eigenvalue weighted by Gasteiger charge is 2.11. The highest BCUT2D eigenvalue weighted by molar-refractivity contribution is 6.01. The van der Waals surface area contributed by atoms with Gasteiger partial charge in [-0.05, 0) is 72.5 Å². The lowest BCUT2D eigenvalue weighted by Crippen LogP contribution is -2.07. The molecule has 0 fully saturated rings. The van der Waals surface area contributed by atoms with Crippen molar-refractivity contribution < 1.29 is 23.0 Å². The molecule has 3 aromatic rings. The number of benzene rings is 2. The predicted octanol–water partition coefficient (Wildman–Crippen LogP) is 5.32. The number of rotatable bonds is 9. The highest BCUT2D eigenvalue weighted by Crippen LogP contribution is 2.30. The lowest BCUT2D eigenvalue weighted by molar-refractivity contribution is -0.111. The van der Waals surface area contributed by atoms with Crippen molar-refractivity contribution in [3.8, 4) is 11.5 Å². The number of halogens is 2. The number of aromatic nitrogens is 1. The van der Waals surface area contributed by atoms with Crippen LogP contribution in [0.1, 0.15) is 23.6 Å². The van der Waals surface area contributed by atoms with Gasteiger partial charge in [-0.3, -0.25) is 9.78 Å². The van der Waals surface area contributed by atoms with Gasteiger partial charge in [-0.2, -0.15) is 8.78 Å². The van der Waals surface area contributed by atoms with Crippen molar-refractivity contribution >= 4 is 17.7 Å². The van der Waals surface area contributed by atoms with Gasteiger partial charge in [0.25, 0.3) is 0 Å². The van der Waals surface area contributed by atoms with Gasteiger partial charge in [0.2, 0.25) is 5.91 Å². The van der Waals surface area contributed by atoms with E-state index in [-0.39, 0.29) is 17.4 Å². The molecule has 0 bridgehead atoms. The molecule has 31 heavy (non-hydrogen) atoms. The van der Waals surface area contributed by atoms with Crippen LogP contribution in [0.4, 0.5) is 14.5 Å². The summed E-state index contributed by atoms with van der Waals surface area (Å²) >= 11 is 0. The van der Waals surface area contributed by atoms with Crippen LogP contribution in [-0.4, -0.2) is 24.1 Å². The van der Waals surface area contributed by atoms with Gasteiger partial charge in [-0.1, -0.05) is 18.2 Å². The quantitative estimate of drug-likeness (QED) is 0.472. The third-order valence-corrected chi connectivity index (χ3v) is 4.29. The summed E-state index contributed by atoms with van der Waals surface area (Å²) in [4.78, 5) is 16.2. The van der Waals surface area contributed by atoms with Gasteiger partial charge < -0.3 is 14.8 Å². The number of hydrogen-bond acceptors (Lipinski definition) is 4. The van der Waals surface area contributed by atoms with Crippen molar-refractivity contribution in [2.75, 3.05) is 11.9 Å². The van der Waals surface area contributed by atoms with Crippen LogP contribution < -0.4 is 14.8 Å². The van der Waals surface area contributed by atoms with Crippen molar-refractivity contribution in [3.05, 3.63) is 89.8 Å². The zero-order valence-corrected chi connectivity index (χ0v) is 16.9. The number of amides is 1. The van der Waals surface area contributed by atoms with E-state index >= 15 is 0 Å². The minimum atomic E-state index is -2.94. The van der Waals surface area contributed by atoms with Crippen LogP contribution in [0, 0.1) is 0 Å². The Hall–Kier alpha value is -3.74. The Balaban J connectivity index is 1.60. The predicted molar refractivity (Wildman–Crippen MR) is 115 cm³/mol. The van der Waals surface area contributed by atoms with Crippen molar-refractivity contribution in [2.45, 2.75) is 20.0 Å². The third-order valence-electron chi connectivity index (χ3n) is 4.29. The number of hydrogen-bond donors (Lipinski definition) is 1. The molecule has 1 amide bonds. The van der Waals surface area contributed by atoms with Crippen LogP contribution in [0.5, 0.6) is 11.5 Å². The van der Waals surface area contributed by atoms with Crippen LogP contribution >= 0.6 is 0 Å². The molecule has 0 saturated carbocycles. The summed E-state index contributed by atoms with van der Waals surface area (Å²) in [6.45, 7) is -0.906. The van der Waals surface area contributed by atoms with E-state index in [1.165, 1.54) is 12.1 Å². The van der Waals surface area contributed by atoms with Crippen molar-refractivity contribution in [1.29, 1.82) is 0 Å². The van der Waals surface area contributed by atoms with E-state index in [0.717, 1.165) is 17.5 Å². The fourth-order valence-corrected chi connectivity index (χ4v) is 2.89. The molecule has 1 heterocycles. The molecule has 0 unspecified atom stereocenters. The van der Waals surface area contributed by atoms with E-state index in [2.05, 4.69) is 15.0 Å². The van der Waals surface area contributed by atoms with E-state index in [1.54, 1.807) is 37.5 Å². The first-order valence-electron chi connectivity index (χ1n) is 9.72. The van der Waals surface area contributed by atoms with Crippen molar-refractivity contribution in [2.24, 2.45) is 0 Å². The Kier molecular flexibility index (Phi) is 7.70. The summed E-state index contributed by atoms with van der Waals surface area (Å²) in [5.41, 5.74) is 3.57. The third kappa shape index (κ3) is 6.92. The van der Waals surface area contributed by atoms with Gasteiger partial charge in [0.05, 0.1) is 6.61 Å². The summed E-state index contributed by atoms with van der Waals surface area (Å²) in [5.74, 6) is -0.173. The summed E-state index contributed by atoms with van der Waals surface area (Å²) in [6, 6.07) is 16.0. The molecule has 0 aliphatic heterocycles. The smallest absolute Gasteiger partial charge is 0.387 e. The zero-order chi connectivity index (χ0) is 22.1. The topological polar surface area (TPSA) is 60.5 Å². The SMILES string of the molecule is CCOc1cc(/C=C/C(=O)Nc2ccc(Cc3ccncc3)cc2)ccc1OC(F)F. The molecule has 0 saturated heterocycles. The molecule has 0 atom stereocenters. The Bertz CT molecular complexity index is 1020. The first-order chi connectivity index (χ1) is 15.0. The largest absolute Gasteiger partial charge is 0.490 e. The number of anilines is 1. The Morgan fingerprint density at radius 3 is 2.42 bits per heavy atom. The monoisotopic (exact) mass is 424 g/mol. The second-order valence-corrected chi connectivity index (χ2v) is 6.57. The number of alkyl halides is 2. The molecule has 0 aliphatic carbocycles. The molecule has 0 radical (unpaired) electrons. The number of carbonyl (C=O) groups is 1. The van der Waals surface area contributed by atoms with E-state index in [1.807, 2.05) is 36.4 Å². The summed E-state index contributed by atoms with van der Waals surface area (Å²) in [5, 5.41) is 2.79. The van der Waals surface area contributed by atoms with Gasteiger partial charge in [0.1, 0.15) is 0 Å². The Labute approximate surface area is 179 Å². The lowest BCUT2D eigenvalue weighted by atomic mass is 10.1. The first kappa shape index (κ1) is 22.0. The first-order valence-corrected chi connectivity index (χ1v) is 9.72. The average molecular weight is 424 g/mol. The van der Waals surface area contributed by atoms with E-state index in [9.17, 15) is 13.6 Å². The molecule has 1 aromatic heterocycles. The lowest BCUT2D eigenvalue weighted by Gasteiger charge is -2.11. The summed E-state index contributed by atoms with van der Waals surface area (Å²) < 4.78 is 34.8. The summed E-state index contributed by atoms with van der Waals surface area (Å²) in [7, 11) is 0. The number of ether oxygens (including phenoxy) is 2. The zero-order valence-electron chi connectivity index (χ0n) is 16.9. The van der Waals surface area contributed by atoms with Gasteiger partial charge in [-0.25, -0.2) is 0 Å². The van der Waals surface area contributed by atoms with Gasteiger partial charge in [-0.15, -0.1) is 0 Å². The normalized spacial score (nSPS) is 11.0. The second kappa shape index (κ2) is 10.9. The molecule has 2 aromatic carbocycles. The average Bonchev–Trinajstić information content (AvgIpc) is 2.76. The Morgan fingerprint density at radius 1 is 1.03 bits per heavy atom. The fourth-order valence-electron chi connectivity index (χ4n) is 2.89. The van der Waals surface area contributed by atoms with Crippen LogP contribution in [0.15, 0.2) is 73.1 Å². The molecule has 3 rings (SSSR count). The Morgan fingerprint density at radius 2 is 1.74 bits per heavy atom. The second-order valence-electron chi connectivity index (χ2n) is 6.57. The van der Waals surface area contributed by atoms with Gasteiger partial charge in [0, 0.05) is 24.2 Å². The molecule has 0 spiro atoms. The fraction of sp³-hybridized carbons (Fsp3) is 0.167. The maximum Gasteiger partial charge on any atom is 0.387 e. The molecule has 0 aliphatic rings. The van der Waals surface area contributed by atoms with Crippen molar-refractivity contribution in [1.82, 2.24) is 4.98 Å². The van der Waals surface area contributed by atoms with E-state index < -0.39 is 6.61 Å². The molecule has 5 nitrogen and oxygen atoms in total. The number of carbonyl (C=O) groups excluding carboxylic acids is 1. The number of nitrogens with one attached hydrogen (secondary N) is 1. The van der Waals surface area contributed by atoms with E-state index in [4.69, 9.17) is 4.74 Å². The van der Waals surface area contributed by atoms with Crippen LogP contribution in [0.3, 0.4) is 0 Å². The van der Waals surface area contributed by atoms with Crippen LogP contribution in [-0.2, 0) is 11.2 Å². The van der Waals surface area contributed by atoms with Crippen LogP contribution in [0.2, 0.25) is 0 Å². The minimum absolute atomic E-state index is 0.0506. The number of pyridine rings is 1. The molecule has 160 valence electrons. The summed E-state index contributed by atoms with van der Waals surface area (Å²) in [6.07, 6.45) is 7.23. The highest BCUT2D eigenvalue weighted by atomic mass is 19.3. The van der Waals surface area contributed by atoms with Gasteiger partial charge in [0.15, 0.2) is 11.5 Å². The maximum atomic E-state index is 12.5. The van der Waals surface area contributed by atoms with Crippen molar-refractivity contribution in [3.63, 3.8) is 0 Å². The maximum absolute atomic E-state index is 12.5. The van der Waals surface area contributed by atoms with Crippen LogP contribution in [0.25, 0.3) is 6.08 Å². The van der Waals surface area contributed by atoms with E-state index in [0.29, 0.717) is 17.9 Å². The molecule has 1 N–H and O–H groups in total.